The maximum absolute atomic E-state index is 6.37. The summed E-state index contributed by atoms with van der Waals surface area (Å²) in [5, 5.41) is 4.26. The van der Waals surface area contributed by atoms with Crippen molar-refractivity contribution in [3.05, 3.63) is 22.8 Å². The minimum Gasteiger partial charge on any atom is -0.358 e. The van der Waals surface area contributed by atoms with E-state index >= 15 is 0 Å². The van der Waals surface area contributed by atoms with E-state index in [2.05, 4.69) is 28.3 Å². The Labute approximate surface area is 120 Å². The van der Waals surface area contributed by atoms with Gasteiger partial charge in [0.15, 0.2) is 0 Å². The van der Waals surface area contributed by atoms with E-state index < -0.39 is 0 Å². The van der Waals surface area contributed by atoms with Crippen molar-refractivity contribution in [2.45, 2.75) is 44.7 Å². The standard InChI is InChI=1S/C15H22ClN3/c1-19(10-11-3-2-4-11)15-14(16)7-12(9-18-15)8-17-13-5-6-13/h7,9,11,13,17H,2-6,8,10H2,1H3. The number of hydrogen-bond donors (Lipinski definition) is 1. The molecule has 2 saturated carbocycles. The molecule has 0 atom stereocenters. The van der Waals surface area contributed by atoms with E-state index in [1.165, 1.54) is 37.7 Å². The molecular formula is C15H22ClN3. The summed E-state index contributed by atoms with van der Waals surface area (Å²) in [5.41, 5.74) is 1.18. The third-order valence-corrected chi connectivity index (χ3v) is 4.45. The van der Waals surface area contributed by atoms with Gasteiger partial charge in [0.2, 0.25) is 0 Å². The van der Waals surface area contributed by atoms with Gasteiger partial charge in [0.25, 0.3) is 0 Å². The van der Waals surface area contributed by atoms with Gasteiger partial charge < -0.3 is 10.2 Å². The molecule has 0 amide bonds. The molecule has 104 valence electrons. The van der Waals surface area contributed by atoms with Crippen molar-refractivity contribution in [3.63, 3.8) is 0 Å². The largest absolute Gasteiger partial charge is 0.358 e. The minimum atomic E-state index is 0.722. The lowest BCUT2D eigenvalue weighted by Crippen LogP contribution is -2.30. The van der Waals surface area contributed by atoms with Crippen LogP contribution in [0.15, 0.2) is 12.3 Å². The van der Waals surface area contributed by atoms with Gasteiger partial charge in [-0.15, -0.1) is 0 Å². The Morgan fingerprint density at radius 3 is 2.74 bits per heavy atom. The quantitative estimate of drug-likeness (QED) is 0.867. The number of aromatic nitrogens is 1. The fraction of sp³-hybridized carbons (Fsp3) is 0.667. The van der Waals surface area contributed by atoms with Crippen LogP contribution in [-0.4, -0.2) is 24.6 Å². The number of halogens is 1. The molecule has 2 aliphatic rings. The van der Waals surface area contributed by atoms with E-state index in [4.69, 9.17) is 11.6 Å². The molecule has 1 N–H and O–H groups in total. The smallest absolute Gasteiger partial charge is 0.147 e. The first-order chi connectivity index (χ1) is 9.22. The molecule has 2 aliphatic carbocycles. The second-order valence-electron chi connectivity index (χ2n) is 5.98. The normalized spacial score (nSPS) is 19.3. The van der Waals surface area contributed by atoms with Crippen molar-refractivity contribution in [3.8, 4) is 0 Å². The second kappa shape index (κ2) is 5.68. The van der Waals surface area contributed by atoms with Gasteiger partial charge in [0.1, 0.15) is 5.82 Å². The lowest BCUT2D eigenvalue weighted by atomic mass is 9.85. The topological polar surface area (TPSA) is 28.2 Å². The number of pyridine rings is 1. The van der Waals surface area contributed by atoms with Crippen molar-refractivity contribution >= 4 is 17.4 Å². The van der Waals surface area contributed by atoms with Gasteiger partial charge in [-0.3, -0.25) is 0 Å². The van der Waals surface area contributed by atoms with Crippen molar-refractivity contribution in [2.24, 2.45) is 5.92 Å². The van der Waals surface area contributed by atoms with E-state index in [1.54, 1.807) is 0 Å². The fourth-order valence-electron chi connectivity index (χ4n) is 2.55. The fourth-order valence-corrected chi connectivity index (χ4v) is 2.88. The van der Waals surface area contributed by atoms with E-state index in [9.17, 15) is 0 Å². The number of rotatable bonds is 6. The molecule has 1 aromatic heterocycles. The molecule has 0 radical (unpaired) electrons. The SMILES string of the molecule is CN(CC1CCC1)c1ncc(CNC2CC2)cc1Cl. The summed E-state index contributed by atoms with van der Waals surface area (Å²) in [6.07, 6.45) is 8.66. The van der Waals surface area contributed by atoms with Crippen LogP contribution in [0, 0.1) is 5.92 Å². The third kappa shape index (κ3) is 3.40. The zero-order valence-corrected chi connectivity index (χ0v) is 12.3. The first-order valence-electron chi connectivity index (χ1n) is 7.31. The van der Waals surface area contributed by atoms with Crippen LogP contribution in [-0.2, 0) is 6.54 Å². The summed E-state index contributed by atoms with van der Waals surface area (Å²) in [7, 11) is 2.09. The molecule has 2 fully saturated rings. The molecule has 0 spiro atoms. The molecule has 4 heteroatoms. The van der Waals surface area contributed by atoms with Crippen molar-refractivity contribution in [2.75, 3.05) is 18.5 Å². The molecule has 0 unspecified atom stereocenters. The molecular weight excluding hydrogens is 258 g/mol. The second-order valence-corrected chi connectivity index (χ2v) is 6.39. The van der Waals surface area contributed by atoms with Crippen LogP contribution in [0.2, 0.25) is 5.02 Å². The molecule has 3 rings (SSSR count). The number of hydrogen-bond acceptors (Lipinski definition) is 3. The Kier molecular flexibility index (Phi) is 3.94. The molecule has 1 aromatic rings. The maximum atomic E-state index is 6.37. The molecule has 0 aromatic carbocycles. The Morgan fingerprint density at radius 1 is 1.37 bits per heavy atom. The number of nitrogens with one attached hydrogen (secondary N) is 1. The first kappa shape index (κ1) is 13.2. The van der Waals surface area contributed by atoms with Crippen LogP contribution < -0.4 is 10.2 Å². The van der Waals surface area contributed by atoms with Crippen molar-refractivity contribution < 1.29 is 0 Å². The highest BCUT2D eigenvalue weighted by atomic mass is 35.5. The first-order valence-corrected chi connectivity index (χ1v) is 7.69. The molecule has 3 nitrogen and oxygen atoms in total. The monoisotopic (exact) mass is 279 g/mol. The Hall–Kier alpha value is -0.800. The molecule has 0 aliphatic heterocycles. The van der Waals surface area contributed by atoms with E-state index in [0.717, 1.165) is 35.9 Å². The summed E-state index contributed by atoms with van der Waals surface area (Å²) in [4.78, 5) is 6.74. The summed E-state index contributed by atoms with van der Waals surface area (Å²) >= 11 is 6.37. The lowest BCUT2D eigenvalue weighted by Gasteiger charge is -2.31. The Morgan fingerprint density at radius 2 is 2.16 bits per heavy atom. The van der Waals surface area contributed by atoms with E-state index in [0.29, 0.717) is 0 Å². The molecule has 0 saturated heterocycles. The van der Waals surface area contributed by atoms with Gasteiger partial charge in [0, 0.05) is 32.4 Å². The van der Waals surface area contributed by atoms with E-state index in [-0.39, 0.29) is 0 Å². The summed E-state index contributed by atoms with van der Waals surface area (Å²) in [6.45, 7) is 1.95. The zero-order valence-electron chi connectivity index (χ0n) is 11.5. The highest BCUT2D eigenvalue weighted by molar-refractivity contribution is 6.33. The Bertz CT molecular complexity index is 441. The molecule has 1 heterocycles. The molecule has 19 heavy (non-hydrogen) atoms. The van der Waals surface area contributed by atoms with Crippen LogP contribution in [0.5, 0.6) is 0 Å². The van der Waals surface area contributed by atoms with Crippen molar-refractivity contribution in [1.82, 2.24) is 10.3 Å². The van der Waals surface area contributed by atoms with E-state index in [1.807, 2.05) is 6.20 Å². The average molecular weight is 280 g/mol. The average Bonchev–Trinajstić information content (AvgIpc) is 3.15. The van der Waals surface area contributed by atoms with Gasteiger partial charge in [-0.1, -0.05) is 18.0 Å². The number of anilines is 1. The van der Waals surface area contributed by atoms with Gasteiger partial charge in [-0.25, -0.2) is 4.98 Å². The maximum Gasteiger partial charge on any atom is 0.147 e. The van der Waals surface area contributed by atoms with Crippen LogP contribution in [0.4, 0.5) is 5.82 Å². The predicted molar refractivity (Wildman–Crippen MR) is 79.7 cm³/mol. The summed E-state index contributed by atoms with van der Waals surface area (Å²) in [6, 6.07) is 2.77. The van der Waals surface area contributed by atoms with Gasteiger partial charge >= 0.3 is 0 Å². The summed E-state index contributed by atoms with van der Waals surface area (Å²) < 4.78 is 0. The van der Waals surface area contributed by atoms with Gasteiger partial charge in [-0.2, -0.15) is 0 Å². The highest BCUT2D eigenvalue weighted by Crippen LogP contribution is 2.30. The van der Waals surface area contributed by atoms with Crippen LogP contribution in [0.3, 0.4) is 0 Å². The van der Waals surface area contributed by atoms with Gasteiger partial charge in [-0.05, 0) is 43.2 Å². The van der Waals surface area contributed by atoms with Gasteiger partial charge in [0.05, 0.1) is 5.02 Å². The zero-order chi connectivity index (χ0) is 13.2. The summed E-state index contributed by atoms with van der Waals surface area (Å²) in [5.74, 6) is 1.75. The van der Waals surface area contributed by atoms with Crippen LogP contribution in [0.1, 0.15) is 37.7 Å². The highest BCUT2D eigenvalue weighted by Gasteiger charge is 2.22. The number of nitrogens with zero attached hydrogens (tertiary/aromatic N) is 2. The van der Waals surface area contributed by atoms with Crippen molar-refractivity contribution in [1.29, 1.82) is 0 Å². The third-order valence-electron chi connectivity index (χ3n) is 4.17. The lowest BCUT2D eigenvalue weighted by molar-refractivity contribution is 0.321. The van der Waals surface area contributed by atoms with Crippen LogP contribution >= 0.6 is 11.6 Å². The van der Waals surface area contributed by atoms with Crippen LogP contribution in [0.25, 0.3) is 0 Å². The molecule has 0 bridgehead atoms. The Balaban J connectivity index is 1.60. The minimum absolute atomic E-state index is 0.722. The predicted octanol–water partition coefficient (Wildman–Crippen LogP) is 3.22.